The van der Waals surface area contributed by atoms with Crippen LogP contribution in [0.5, 0.6) is 0 Å². The van der Waals surface area contributed by atoms with Crippen molar-refractivity contribution >= 4 is 22.6 Å². The number of halogens is 1. The predicted molar refractivity (Wildman–Crippen MR) is 85.4 cm³/mol. The molecule has 0 spiro atoms. The van der Waals surface area contributed by atoms with Crippen molar-refractivity contribution in [1.82, 2.24) is 9.55 Å². The van der Waals surface area contributed by atoms with E-state index in [1.54, 1.807) is 0 Å². The molecule has 0 amide bonds. The smallest absolute Gasteiger partial charge is 0.128 e. The summed E-state index contributed by atoms with van der Waals surface area (Å²) in [5.74, 6) is 0.884. The highest BCUT2D eigenvalue weighted by molar-refractivity contribution is 6.20. The van der Waals surface area contributed by atoms with Crippen LogP contribution in [0.3, 0.4) is 0 Å². The molecule has 1 aliphatic rings. The first-order valence-electron chi connectivity index (χ1n) is 7.50. The third kappa shape index (κ3) is 2.22. The van der Waals surface area contributed by atoms with Gasteiger partial charge in [-0.05, 0) is 37.3 Å². The van der Waals surface area contributed by atoms with E-state index in [1.807, 2.05) is 19.1 Å². The Kier molecular flexibility index (Phi) is 3.45. The van der Waals surface area contributed by atoms with Crippen LogP contribution in [0.1, 0.15) is 62.8 Å². The number of imidazole rings is 1. The predicted octanol–water partition coefficient (Wildman–Crippen LogP) is 4.96. The Morgan fingerprint density at radius 3 is 2.81 bits per heavy atom. The van der Waals surface area contributed by atoms with Crippen LogP contribution in [0.25, 0.3) is 11.0 Å². The molecule has 110 valence electrons. The van der Waals surface area contributed by atoms with Gasteiger partial charge in [-0.2, -0.15) is 5.26 Å². The lowest BCUT2D eigenvalue weighted by Crippen LogP contribution is -2.23. The van der Waals surface area contributed by atoms with Crippen LogP contribution in [-0.2, 0) is 0 Å². The van der Waals surface area contributed by atoms with Gasteiger partial charge in [-0.3, -0.25) is 0 Å². The Balaban J connectivity index is 2.30. The number of hydrogen-bond donors (Lipinski definition) is 0. The van der Waals surface area contributed by atoms with Gasteiger partial charge in [0, 0.05) is 6.04 Å². The van der Waals surface area contributed by atoms with Crippen molar-refractivity contribution < 1.29 is 0 Å². The van der Waals surface area contributed by atoms with Crippen molar-refractivity contribution in [3.63, 3.8) is 0 Å². The summed E-state index contributed by atoms with van der Waals surface area (Å²) in [5.41, 5.74) is 2.68. The molecular weight excluding hydrogens is 282 g/mol. The molecule has 21 heavy (non-hydrogen) atoms. The molecule has 0 saturated heterocycles. The maximum absolute atomic E-state index is 9.31. The SMILES string of the molecule is CC(Cl)c1nc2c(C#N)cccc2n1C1CCCC1(C)C. The lowest BCUT2D eigenvalue weighted by atomic mass is 9.87. The Bertz CT molecular complexity index is 721. The second-order valence-corrected chi connectivity index (χ2v) is 7.29. The van der Waals surface area contributed by atoms with Crippen molar-refractivity contribution in [2.24, 2.45) is 5.41 Å². The first-order chi connectivity index (χ1) is 9.95. The van der Waals surface area contributed by atoms with E-state index in [4.69, 9.17) is 16.6 Å². The fourth-order valence-electron chi connectivity index (χ4n) is 3.62. The third-order valence-electron chi connectivity index (χ3n) is 4.74. The monoisotopic (exact) mass is 301 g/mol. The molecule has 0 radical (unpaired) electrons. The molecule has 1 fully saturated rings. The molecule has 0 N–H and O–H groups in total. The number of fused-ring (bicyclic) bond motifs is 1. The molecule has 2 atom stereocenters. The highest BCUT2D eigenvalue weighted by Gasteiger charge is 2.38. The van der Waals surface area contributed by atoms with Crippen molar-refractivity contribution in [2.45, 2.75) is 51.5 Å². The molecule has 1 aliphatic carbocycles. The van der Waals surface area contributed by atoms with E-state index in [-0.39, 0.29) is 10.8 Å². The summed E-state index contributed by atoms with van der Waals surface area (Å²) in [5, 5.41) is 9.14. The minimum atomic E-state index is -0.166. The van der Waals surface area contributed by atoms with Crippen LogP contribution in [-0.4, -0.2) is 9.55 Å². The van der Waals surface area contributed by atoms with E-state index in [9.17, 15) is 5.26 Å². The molecule has 1 aromatic carbocycles. The normalized spacial score (nSPS) is 22.3. The summed E-state index contributed by atoms with van der Waals surface area (Å²) in [6, 6.07) is 8.45. The Hall–Kier alpha value is -1.53. The zero-order valence-corrected chi connectivity index (χ0v) is 13.5. The Labute approximate surface area is 130 Å². The molecule has 2 unspecified atom stereocenters. The average Bonchev–Trinajstić information content (AvgIpc) is 2.97. The first kappa shape index (κ1) is 14.4. The van der Waals surface area contributed by atoms with E-state index >= 15 is 0 Å². The summed E-state index contributed by atoms with van der Waals surface area (Å²) in [6.45, 7) is 6.58. The molecule has 4 heteroatoms. The van der Waals surface area contributed by atoms with Gasteiger partial charge in [0.25, 0.3) is 0 Å². The Morgan fingerprint density at radius 1 is 1.48 bits per heavy atom. The van der Waals surface area contributed by atoms with Crippen LogP contribution >= 0.6 is 11.6 Å². The number of alkyl halides is 1. The number of hydrogen-bond acceptors (Lipinski definition) is 2. The molecule has 1 saturated carbocycles. The largest absolute Gasteiger partial charge is 0.323 e. The standard InChI is InChI=1S/C17H20ClN3/c1-11(18)16-20-15-12(10-19)6-4-7-13(15)21(16)14-8-5-9-17(14,2)3/h4,6-7,11,14H,5,8-9H2,1-3H3. The highest BCUT2D eigenvalue weighted by Crippen LogP contribution is 2.48. The number of aromatic nitrogens is 2. The lowest BCUT2D eigenvalue weighted by Gasteiger charge is -2.30. The molecule has 1 heterocycles. The van der Waals surface area contributed by atoms with E-state index in [2.05, 4.69) is 30.6 Å². The van der Waals surface area contributed by atoms with Crippen molar-refractivity contribution in [1.29, 1.82) is 5.26 Å². The van der Waals surface area contributed by atoms with Gasteiger partial charge in [-0.25, -0.2) is 4.98 Å². The highest BCUT2D eigenvalue weighted by atomic mass is 35.5. The summed E-state index contributed by atoms with van der Waals surface area (Å²) >= 11 is 6.38. The van der Waals surface area contributed by atoms with E-state index in [0.29, 0.717) is 11.6 Å². The average molecular weight is 302 g/mol. The van der Waals surface area contributed by atoms with Crippen LogP contribution in [0, 0.1) is 16.7 Å². The quantitative estimate of drug-likeness (QED) is 0.736. The van der Waals surface area contributed by atoms with Crippen molar-refractivity contribution in [3.05, 3.63) is 29.6 Å². The molecule has 0 aliphatic heterocycles. The van der Waals surface area contributed by atoms with Gasteiger partial charge in [0.15, 0.2) is 0 Å². The Morgan fingerprint density at radius 2 is 2.24 bits per heavy atom. The van der Waals surface area contributed by atoms with Crippen LogP contribution in [0.4, 0.5) is 0 Å². The summed E-state index contributed by atoms with van der Waals surface area (Å²) in [7, 11) is 0. The van der Waals surface area contributed by atoms with Crippen LogP contribution in [0.2, 0.25) is 0 Å². The van der Waals surface area contributed by atoms with E-state index < -0.39 is 0 Å². The maximum atomic E-state index is 9.31. The van der Waals surface area contributed by atoms with Gasteiger partial charge in [0.2, 0.25) is 0 Å². The minimum Gasteiger partial charge on any atom is -0.323 e. The molecule has 0 bridgehead atoms. The maximum Gasteiger partial charge on any atom is 0.128 e. The summed E-state index contributed by atoms with van der Waals surface area (Å²) < 4.78 is 2.29. The molecule has 1 aromatic heterocycles. The third-order valence-corrected chi connectivity index (χ3v) is 4.93. The van der Waals surface area contributed by atoms with Crippen molar-refractivity contribution in [3.8, 4) is 6.07 Å². The minimum absolute atomic E-state index is 0.166. The van der Waals surface area contributed by atoms with Gasteiger partial charge in [-0.1, -0.05) is 26.3 Å². The lowest BCUT2D eigenvalue weighted by molar-refractivity contribution is 0.261. The second kappa shape index (κ2) is 5.03. The van der Waals surface area contributed by atoms with Gasteiger partial charge in [-0.15, -0.1) is 11.6 Å². The van der Waals surface area contributed by atoms with Gasteiger partial charge in [0.1, 0.15) is 17.4 Å². The van der Waals surface area contributed by atoms with Crippen LogP contribution in [0.15, 0.2) is 18.2 Å². The second-order valence-electron chi connectivity index (χ2n) is 6.64. The van der Waals surface area contributed by atoms with Gasteiger partial charge in [0.05, 0.1) is 16.5 Å². The van der Waals surface area contributed by atoms with E-state index in [0.717, 1.165) is 23.3 Å². The zero-order valence-electron chi connectivity index (χ0n) is 12.7. The van der Waals surface area contributed by atoms with Crippen molar-refractivity contribution in [2.75, 3.05) is 0 Å². The van der Waals surface area contributed by atoms with Gasteiger partial charge < -0.3 is 4.57 Å². The molecular formula is C17H20ClN3. The molecule has 2 aromatic rings. The number of benzene rings is 1. The summed E-state index contributed by atoms with van der Waals surface area (Å²) in [4.78, 5) is 4.70. The van der Waals surface area contributed by atoms with Crippen LogP contribution < -0.4 is 0 Å². The van der Waals surface area contributed by atoms with E-state index in [1.165, 1.54) is 12.8 Å². The fourth-order valence-corrected chi connectivity index (χ4v) is 3.77. The molecule has 3 nitrogen and oxygen atoms in total. The molecule has 3 rings (SSSR count). The zero-order chi connectivity index (χ0) is 15.2. The number of nitriles is 1. The first-order valence-corrected chi connectivity index (χ1v) is 7.94. The fraction of sp³-hybridized carbons (Fsp3) is 0.529. The summed E-state index contributed by atoms with van der Waals surface area (Å²) in [6.07, 6.45) is 3.59. The number of rotatable bonds is 2. The number of para-hydroxylation sites is 1. The van der Waals surface area contributed by atoms with Gasteiger partial charge >= 0.3 is 0 Å². The number of nitrogens with zero attached hydrogens (tertiary/aromatic N) is 3. The topological polar surface area (TPSA) is 41.6 Å².